The van der Waals surface area contributed by atoms with E-state index in [1.54, 1.807) is 61.5 Å². The molecule has 0 saturated heterocycles. The molecule has 7 heteroatoms. The minimum atomic E-state index is -3.64. The van der Waals surface area contributed by atoms with Crippen molar-refractivity contribution < 1.29 is 13.2 Å². The molecule has 0 aliphatic heterocycles. The lowest BCUT2D eigenvalue weighted by molar-refractivity contribution is -0.114. The van der Waals surface area contributed by atoms with Crippen LogP contribution in [-0.4, -0.2) is 14.3 Å². The molecule has 3 N–H and O–H groups in total. The van der Waals surface area contributed by atoms with E-state index in [1.807, 2.05) is 18.2 Å². The minimum Gasteiger partial charge on any atom is -0.355 e. The standard InChI is InChI=1S/C21H21N3O3S/c1-15-6-3-4-9-21(15)28(26,27)24-18-12-10-17(11-13-18)23-20-8-5-7-19(14-20)22-16(2)25/h3-14,23-24H,1-2H3,(H,22,25). The Bertz CT molecular complexity index is 1090. The van der Waals surface area contributed by atoms with Crippen molar-refractivity contribution in [2.75, 3.05) is 15.4 Å². The predicted molar refractivity (Wildman–Crippen MR) is 112 cm³/mol. The summed E-state index contributed by atoms with van der Waals surface area (Å²) in [7, 11) is -3.64. The number of carbonyl (C=O) groups excluding carboxylic acids is 1. The molecule has 0 unspecified atom stereocenters. The second kappa shape index (κ2) is 8.14. The molecule has 0 fully saturated rings. The van der Waals surface area contributed by atoms with E-state index in [0.29, 0.717) is 16.9 Å². The van der Waals surface area contributed by atoms with Gasteiger partial charge in [0.25, 0.3) is 10.0 Å². The normalized spacial score (nSPS) is 10.9. The quantitative estimate of drug-likeness (QED) is 0.574. The van der Waals surface area contributed by atoms with Gasteiger partial charge in [-0.2, -0.15) is 0 Å². The van der Waals surface area contributed by atoms with Gasteiger partial charge >= 0.3 is 0 Å². The fourth-order valence-corrected chi connectivity index (χ4v) is 4.04. The first-order chi connectivity index (χ1) is 13.3. The molecule has 0 spiro atoms. The average Bonchev–Trinajstić information content (AvgIpc) is 2.63. The highest BCUT2D eigenvalue weighted by Gasteiger charge is 2.16. The summed E-state index contributed by atoms with van der Waals surface area (Å²) in [5, 5.41) is 5.95. The van der Waals surface area contributed by atoms with E-state index in [0.717, 1.165) is 11.4 Å². The summed E-state index contributed by atoms with van der Waals surface area (Å²) in [6, 6.07) is 21.1. The number of hydrogen-bond donors (Lipinski definition) is 3. The van der Waals surface area contributed by atoms with Crippen molar-refractivity contribution in [2.45, 2.75) is 18.7 Å². The smallest absolute Gasteiger partial charge is 0.262 e. The Morgan fingerprint density at radius 2 is 1.43 bits per heavy atom. The van der Waals surface area contributed by atoms with Crippen molar-refractivity contribution in [1.29, 1.82) is 0 Å². The molecule has 144 valence electrons. The topological polar surface area (TPSA) is 87.3 Å². The first-order valence-corrected chi connectivity index (χ1v) is 10.1. The van der Waals surface area contributed by atoms with Crippen molar-refractivity contribution in [1.82, 2.24) is 0 Å². The third kappa shape index (κ3) is 4.89. The lowest BCUT2D eigenvalue weighted by Gasteiger charge is -2.12. The Morgan fingerprint density at radius 1 is 0.786 bits per heavy atom. The van der Waals surface area contributed by atoms with Crippen LogP contribution in [0.4, 0.5) is 22.7 Å². The fourth-order valence-electron chi connectivity index (χ4n) is 2.73. The zero-order chi connectivity index (χ0) is 20.1. The number of rotatable bonds is 6. The van der Waals surface area contributed by atoms with Gasteiger partial charge in [0.15, 0.2) is 0 Å². The minimum absolute atomic E-state index is 0.137. The number of anilines is 4. The van der Waals surface area contributed by atoms with Crippen molar-refractivity contribution in [3.05, 3.63) is 78.4 Å². The summed E-state index contributed by atoms with van der Waals surface area (Å²) in [4.78, 5) is 11.4. The van der Waals surface area contributed by atoms with Gasteiger partial charge in [0.05, 0.1) is 4.90 Å². The Hall–Kier alpha value is -3.32. The Morgan fingerprint density at radius 3 is 2.11 bits per heavy atom. The van der Waals surface area contributed by atoms with Gasteiger partial charge in [0.1, 0.15) is 0 Å². The summed E-state index contributed by atoms with van der Waals surface area (Å²) in [6.45, 7) is 3.22. The summed E-state index contributed by atoms with van der Waals surface area (Å²) in [6.07, 6.45) is 0. The monoisotopic (exact) mass is 395 g/mol. The highest BCUT2D eigenvalue weighted by atomic mass is 32.2. The van der Waals surface area contributed by atoms with Gasteiger partial charge in [-0.15, -0.1) is 0 Å². The first-order valence-electron chi connectivity index (χ1n) is 8.67. The molecular weight excluding hydrogens is 374 g/mol. The van der Waals surface area contributed by atoms with Gasteiger partial charge in [-0.3, -0.25) is 9.52 Å². The predicted octanol–water partition coefficient (Wildman–Crippen LogP) is 4.50. The van der Waals surface area contributed by atoms with Gasteiger partial charge in [0.2, 0.25) is 5.91 Å². The maximum atomic E-state index is 12.6. The molecule has 6 nitrogen and oxygen atoms in total. The van der Waals surface area contributed by atoms with Crippen LogP contribution >= 0.6 is 0 Å². The number of benzene rings is 3. The van der Waals surface area contributed by atoms with E-state index in [-0.39, 0.29) is 10.8 Å². The molecule has 0 aliphatic carbocycles. The van der Waals surface area contributed by atoms with Crippen molar-refractivity contribution >= 4 is 38.7 Å². The molecule has 0 radical (unpaired) electrons. The molecule has 0 atom stereocenters. The largest absolute Gasteiger partial charge is 0.355 e. The van der Waals surface area contributed by atoms with E-state index in [1.165, 1.54) is 6.92 Å². The number of amides is 1. The summed E-state index contributed by atoms with van der Waals surface area (Å²) in [5.74, 6) is -0.137. The van der Waals surface area contributed by atoms with Gasteiger partial charge in [-0.05, 0) is 61.0 Å². The maximum absolute atomic E-state index is 12.6. The van der Waals surface area contributed by atoms with Gasteiger partial charge in [0, 0.05) is 29.7 Å². The number of nitrogens with one attached hydrogen (secondary N) is 3. The number of carbonyl (C=O) groups is 1. The van der Waals surface area contributed by atoms with Gasteiger partial charge in [-0.1, -0.05) is 24.3 Å². The highest BCUT2D eigenvalue weighted by molar-refractivity contribution is 7.92. The zero-order valence-electron chi connectivity index (χ0n) is 15.6. The SMILES string of the molecule is CC(=O)Nc1cccc(Nc2ccc(NS(=O)(=O)c3ccccc3C)cc2)c1. The molecule has 1 amide bonds. The lowest BCUT2D eigenvalue weighted by atomic mass is 10.2. The Kier molecular flexibility index (Phi) is 5.65. The molecule has 0 aliphatic rings. The average molecular weight is 395 g/mol. The van der Waals surface area contributed by atoms with Crippen LogP contribution in [0.5, 0.6) is 0 Å². The molecule has 3 aromatic rings. The zero-order valence-corrected chi connectivity index (χ0v) is 16.4. The van der Waals surface area contributed by atoms with Crippen molar-refractivity contribution in [3.8, 4) is 0 Å². The number of sulfonamides is 1. The molecule has 0 heterocycles. The molecule has 28 heavy (non-hydrogen) atoms. The van der Waals surface area contributed by atoms with Crippen LogP contribution in [-0.2, 0) is 14.8 Å². The summed E-state index contributed by atoms with van der Waals surface area (Å²) in [5.41, 5.74) is 3.45. The van der Waals surface area contributed by atoms with Crippen LogP contribution < -0.4 is 15.4 Å². The first kappa shape index (κ1) is 19.4. The molecule has 3 rings (SSSR count). The van der Waals surface area contributed by atoms with Crippen LogP contribution in [0.3, 0.4) is 0 Å². The van der Waals surface area contributed by atoms with Crippen LogP contribution in [0, 0.1) is 6.92 Å². The molecule has 0 aromatic heterocycles. The Labute approximate surface area is 164 Å². The Balaban J connectivity index is 1.72. The molecule has 3 aromatic carbocycles. The van der Waals surface area contributed by atoms with Gasteiger partial charge in [-0.25, -0.2) is 8.42 Å². The second-order valence-electron chi connectivity index (χ2n) is 6.34. The van der Waals surface area contributed by atoms with E-state index < -0.39 is 10.0 Å². The number of hydrogen-bond acceptors (Lipinski definition) is 4. The summed E-state index contributed by atoms with van der Waals surface area (Å²) >= 11 is 0. The number of aryl methyl sites for hydroxylation is 1. The lowest BCUT2D eigenvalue weighted by Crippen LogP contribution is -2.14. The van der Waals surface area contributed by atoms with E-state index in [9.17, 15) is 13.2 Å². The van der Waals surface area contributed by atoms with E-state index in [2.05, 4.69) is 15.4 Å². The van der Waals surface area contributed by atoms with Gasteiger partial charge < -0.3 is 10.6 Å². The van der Waals surface area contributed by atoms with Crippen LogP contribution in [0.2, 0.25) is 0 Å². The van der Waals surface area contributed by atoms with Crippen molar-refractivity contribution in [2.24, 2.45) is 0 Å². The molecule has 0 saturated carbocycles. The maximum Gasteiger partial charge on any atom is 0.262 e. The highest BCUT2D eigenvalue weighted by Crippen LogP contribution is 2.23. The van der Waals surface area contributed by atoms with Crippen LogP contribution in [0.25, 0.3) is 0 Å². The van der Waals surface area contributed by atoms with E-state index >= 15 is 0 Å². The van der Waals surface area contributed by atoms with E-state index in [4.69, 9.17) is 0 Å². The second-order valence-corrected chi connectivity index (χ2v) is 7.99. The summed E-state index contributed by atoms with van der Waals surface area (Å²) < 4.78 is 27.7. The fraction of sp³-hybridized carbons (Fsp3) is 0.0952. The molecular formula is C21H21N3O3S. The third-order valence-corrected chi connectivity index (χ3v) is 5.53. The molecule has 0 bridgehead atoms. The van der Waals surface area contributed by atoms with Crippen molar-refractivity contribution in [3.63, 3.8) is 0 Å². The third-order valence-electron chi connectivity index (χ3n) is 3.99. The van der Waals surface area contributed by atoms with Crippen LogP contribution in [0.15, 0.2) is 77.7 Å². The van der Waals surface area contributed by atoms with Crippen LogP contribution in [0.1, 0.15) is 12.5 Å².